The first kappa shape index (κ1) is 24.8. The highest BCUT2D eigenvalue weighted by molar-refractivity contribution is 7.99. The molecule has 0 amide bonds. The number of thioether (sulfide) groups is 1. The van der Waals surface area contributed by atoms with Crippen molar-refractivity contribution in [1.82, 2.24) is 14.8 Å². The molecule has 184 valence electrons. The van der Waals surface area contributed by atoms with Gasteiger partial charge in [-0.2, -0.15) is 4.98 Å². The maximum Gasteiger partial charge on any atom is 0.227 e. The van der Waals surface area contributed by atoms with Gasteiger partial charge in [-0.15, -0.1) is 5.10 Å². The standard InChI is InChI=1S/C26H29FN4O3S/c1-5-13-35-26-29-25-28-16(3)23(17(4)32)24(31(25)30-26)18-11-12-21(22(14-18)33-6-2)34-15-19-9-7-8-10-20(19)27/h7-12,14,24H,5-6,13,15H2,1-4H3,(H,28,29,30). The van der Waals surface area contributed by atoms with Crippen LogP contribution in [0.1, 0.15) is 51.3 Å². The fourth-order valence-electron chi connectivity index (χ4n) is 4.00. The van der Waals surface area contributed by atoms with Crippen LogP contribution in [0.25, 0.3) is 0 Å². The molecule has 0 saturated carbocycles. The molecule has 0 bridgehead atoms. The van der Waals surface area contributed by atoms with Crippen LogP contribution in [0.3, 0.4) is 0 Å². The lowest BCUT2D eigenvalue weighted by Gasteiger charge is -2.28. The summed E-state index contributed by atoms with van der Waals surface area (Å²) in [5.41, 5.74) is 2.62. The van der Waals surface area contributed by atoms with Gasteiger partial charge in [0, 0.05) is 22.6 Å². The highest BCUT2D eigenvalue weighted by Gasteiger charge is 2.33. The number of allylic oxidation sites excluding steroid dienone is 2. The van der Waals surface area contributed by atoms with Crippen LogP contribution in [0, 0.1) is 5.82 Å². The Morgan fingerprint density at radius 3 is 2.69 bits per heavy atom. The number of nitrogens with zero attached hydrogens (tertiary/aromatic N) is 3. The molecule has 0 spiro atoms. The number of ether oxygens (including phenoxy) is 2. The number of hydrogen-bond acceptors (Lipinski definition) is 7. The van der Waals surface area contributed by atoms with E-state index in [2.05, 4.69) is 17.2 Å². The average Bonchev–Trinajstić information content (AvgIpc) is 3.24. The number of nitrogens with one attached hydrogen (secondary N) is 1. The minimum absolute atomic E-state index is 0.0539. The average molecular weight is 497 g/mol. The van der Waals surface area contributed by atoms with Crippen molar-refractivity contribution in [2.45, 2.75) is 51.9 Å². The summed E-state index contributed by atoms with van der Waals surface area (Å²) in [5, 5.41) is 8.59. The van der Waals surface area contributed by atoms with E-state index in [-0.39, 0.29) is 18.2 Å². The number of fused-ring (bicyclic) bond motifs is 1. The van der Waals surface area contributed by atoms with Crippen LogP contribution >= 0.6 is 11.8 Å². The van der Waals surface area contributed by atoms with E-state index in [9.17, 15) is 9.18 Å². The van der Waals surface area contributed by atoms with Crippen molar-refractivity contribution in [3.8, 4) is 11.5 Å². The molecule has 1 aromatic heterocycles. The first-order chi connectivity index (χ1) is 16.9. The van der Waals surface area contributed by atoms with Crippen LogP contribution in [0.2, 0.25) is 0 Å². The van der Waals surface area contributed by atoms with Crippen LogP contribution in [-0.2, 0) is 11.4 Å². The smallest absolute Gasteiger partial charge is 0.227 e. The highest BCUT2D eigenvalue weighted by Crippen LogP contribution is 2.40. The molecule has 9 heteroatoms. The van der Waals surface area contributed by atoms with E-state index < -0.39 is 6.04 Å². The van der Waals surface area contributed by atoms with Gasteiger partial charge in [0.25, 0.3) is 0 Å². The fraction of sp³-hybridized carbons (Fsp3) is 0.346. The molecule has 3 aromatic rings. The molecular weight excluding hydrogens is 467 g/mol. The molecule has 1 aliphatic rings. The van der Waals surface area contributed by atoms with Gasteiger partial charge in [0.15, 0.2) is 17.3 Å². The first-order valence-corrected chi connectivity index (χ1v) is 12.6. The lowest BCUT2D eigenvalue weighted by Crippen LogP contribution is -2.27. The van der Waals surface area contributed by atoms with Crippen molar-refractivity contribution in [2.75, 3.05) is 17.7 Å². The number of carbonyl (C=O) groups excluding carboxylic acids is 1. The van der Waals surface area contributed by atoms with Gasteiger partial charge in [0.05, 0.1) is 6.61 Å². The van der Waals surface area contributed by atoms with Gasteiger partial charge in [0.1, 0.15) is 18.5 Å². The number of anilines is 1. The monoisotopic (exact) mass is 496 g/mol. The number of rotatable bonds is 10. The number of Topliss-reactive ketones (excluding diaryl/α,β-unsaturated/α-hetero) is 1. The molecule has 0 fully saturated rings. The Balaban J connectivity index is 1.71. The van der Waals surface area contributed by atoms with Crippen LogP contribution in [-0.4, -0.2) is 32.9 Å². The molecule has 2 aromatic carbocycles. The summed E-state index contributed by atoms with van der Waals surface area (Å²) in [6.45, 7) is 7.91. The van der Waals surface area contributed by atoms with Crippen LogP contribution in [0.15, 0.2) is 58.9 Å². The molecule has 0 aliphatic carbocycles. The maximum atomic E-state index is 14.1. The number of benzene rings is 2. The molecule has 35 heavy (non-hydrogen) atoms. The van der Waals surface area contributed by atoms with Crippen LogP contribution in [0.5, 0.6) is 11.5 Å². The van der Waals surface area contributed by atoms with Gasteiger partial charge < -0.3 is 14.8 Å². The Labute approximate surface area is 208 Å². The van der Waals surface area contributed by atoms with E-state index in [4.69, 9.17) is 14.6 Å². The van der Waals surface area contributed by atoms with Gasteiger partial charge >= 0.3 is 0 Å². The lowest BCUT2D eigenvalue weighted by molar-refractivity contribution is -0.114. The van der Waals surface area contributed by atoms with Crippen molar-refractivity contribution in [2.24, 2.45) is 0 Å². The number of aromatic nitrogens is 3. The normalized spacial score (nSPS) is 14.9. The predicted octanol–water partition coefficient (Wildman–Crippen LogP) is 5.77. The van der Waals surface area contributed by atoms with E-state index >= 15 is 0 Å². The number of ketones is 1. The molecule has 0 saturated heterocycles. The zero-order chi connectivity index (χ0) is 24.9. The summed E-state index contributed by atoms with van der Waals surface area (Å²) >= 11 is 1.58. The van der Waals surface area contributed by atoms with Crippen molar-refractivity contribution in [3.05, 3.63) is 70.7 Å². The largest absolute Gasteiger partial charge is 0.490 e. The summed E-state index contributed by atoms with van der Waals surface area (Å²) in [6, 6.07) is 11.6. The Kier molecular flexibility index (Phi) is 7.75. The van der Waals surface area contributed by atoms with Gasteiger partial charge in [-0.05, 0) is 51.0 Å². The van der Waals surface area contributed by atoms with Crippen LogP contribution in [0.4, 0.5) is 10.3 Å². The molecule has 0 radical (unpaired) electrons. The highest BCUT2D eigenvalue weighted by atomic mass is 32.2. The van der Waals surface area contributed by atoms with E-state index in [1.807, 2.05) is 26.0 Å². The second-order valence-electron chi connectivity index (χ2n) is 8.15. The minimum Gasteiger partial charge on any atom is -0.490 e. The predicted molar refractivity (Wildman–Crippen MR) is 135 cm³/mol. The minimum atomic E-state index is -0.466. The third kappa shape index (κ3) is 5.35. The zero-order valence-corrected chi connectivity index (χ0v) is 21.1. The Bertz CT molecular complexity index is 1260. The summed E-state index contributed by atoms with van der Waals surface area (Å²) in [6.07, 6.45) is 1.01. The van der Waals surface area contributed by atoms with Gasteiger partial charge in [-0.25, -0.2) is 9.07 Å². The van der Waals surface area contributed by atoms with E-state index in [0.29, 0.717) is 40.3 Å². The number of carbonyl (C=O) groups is 1. The molecule has 1 atom stereocenters. The third-order valence-electron chi connectivity index (χ3n) is 5.57. The number of hydrogen-bond donors (Lipinski definition) is 1. The Hall–Kier alpha value is -3.33. The molecular formula is C26H29FN4O3S. The van der Waals surface area contributed by atoms with E-state index in [0.717, 1.165) is 23.4 Å². The summed E-state index contributed by atoms with van der Waals surface area (Å²) < 4.78 is 27.6. The van der Waals surface area contributed by atoms with E-state index in [1.54, 1.807) is 47.6 Å². The molecule has 1 unspecified atom stereocenters. The molecule has 2 heterocycles. The lowest BCUT2D eigenvalue weighted by atomic mass is 9.93. The topological polar surface area (TPSA) is 78.3 Å². The Morgan fingerprint density at radius 2 is 1.97 bits per heavy atom. The quantitative estimate of drug-likeness (QED) is 0.357. The summed E-state index contributed by atoms with van der Waals surface area (Å²) in [5.74, 6) is 2.14. The molecule has 7 nitrogen and oxygen atoms in total. The Morgan fingerprint density at radius 1 is 1.17 bits per heavy atom. The van der Waals surface area contributed by atoms with Crippen LogP contribution < -0.4 is 14.8 Å². The third-order valence-corrected chi connectivity index (χ3v) is 6.62. The van der Waals surface area contributed by atoms with Crippen molar-refractivity contribution in [3.63, 3.8) is 0 Å². The maximum absolute atomic E-state index is 14.1. The van der Waals surface area contributed by atoms with Gasteiger partial charge in [0.2, 0.25) is 11.1 Å². The van der Waals surface area contributed by atoms with Crippen molar-refractivity contribution in [1.29, 1.82) is 0 Å². The first-order valence-electron chi connectivity index (χ1n) is 11.6. The second-order valence-corrected chi connectivity index (χ2v) is 9.21. The molecule has 1 N–H and O–H groups in total. The SMILES string of the molecule is CCCSc1nc2n(n1)C(c1ccc(OCc3ccccc3F)c(OCC)c1)C(C(C)=O)=C(C)N2. The molecule has 4 rings (SSSR count). The summed E-state index contributed by atoms with van der Waals surface area (Å²) in [7, 11) is 0. The van der Waals surface area contributed by atoms with Gasteiger partial charge in [-0.1, -0.05) is 43.0 Å². The summed E-state index contributed by atoms with van der Waals surface area (Å²) in [4.78, 5) is 17.3. The zero-order valence-electron chi connectivity index (χ0n) is 20.3. The fourth-order valence-corrected chi connectivity index (χ4v) is 4.69. The van der Waals surface area contributed by atoms with E-state index in [1.165, 1.54) is 6.07 Å². The number of halogens is 1. The van der Waals surface area contributed by atoms with Gasteiger partial charge in [-0.3, -0.25) is 4.79 Å². The second kappa shape index (κ2) is 10.9. The molecule has 1 aliphatic heterocycles. The van der Waals surface area contributed by atoms with Crippen molar-refractivity contribution >= 4 is 23.5 Å². The van der Waals surface area contributed by atoms with Crippen molar-refractivity contribution < 1.29 is 18.7 Å².